The molecule has 1 aliphatic rings. The highest BCUT2D eigenvalue weighted by molar-refractivity contribution is 6.08. The third-order valence-electron chi connectivity index (χ3n) is 5.59. The molecule has 0 unspecified atom stereocenters. The zero-order valence-corrected chi connectivity index (χ0v) is 17.2. The monoisotopic (exact) mass is 441 g/mol. The van der Waals surface area contributed by atoms with Gasteiger partial charge in [0.2, 0.25) is 0 Å². The molecule has 0 fully saturated rings. The maximum atomic E-state index is 13.2. The van der Waals surface area contributed by atoms with Crippen LogP contribution in [0.5, 0.6) is 0 Å². The lowest BCUT2D eigenvalue weighted by molar-refractivity contribution is -0.141. The lowest BCUT2D eigenvalue weighted by Crippen LogP contribution is -2.37. The molecule has 5 rings (SSSR count). The summed E-state index contributed by atoms with van der Waals surface area (Å²) in [6, 6.07) is 7.25. The molecule has 0 saturated carbocycles. The lowest BCUT2D eigenvalue weighted by Gasteiger charge is -2.26. The normalized spacial score (nSPS) is 16.3. The summed E-state index contributed by atoms with van der Waals surface area (Å²) in [7, 11) is 0. The predicted molar refractivity (Wildman–Crippen MR) is 110 cm³/mol. The van der Waals surface area contributed by atoms with Crippen LogP contribution in [-0.2, 0) is 17.5 Å². The van der Waals surface area contributed by atoms with Gasteiger partial charge in [-0.1, -0.05) is 18.2 Å². The van der Waals surface area contributed by atoms with Crippen molar-refractivity contribution in [3.63, 3.8) is 0 Å². The van der Waals surface area contributed by atoms with E-state index < -0.39 is 23.9 Å². The van der Waals surface area contributed by atoms with Crippen molar-refractivity contribution in [3.05, 3.63) is 64.7 Å². The number of amides is 1. The second-order valence-electron chi connectivity index (χ2n) is 7.72. The van der Waals surface area contributed by atoms with Crippen LogP contribution in [0.3, 0.4) is 0 Å². The molecule has 0 bridgehead atoms. The third-order valence-corrected chi connectivity index (χ3v) is 5.59. The Hall–Kier alpha value is -3.53. The minimum atomic E-state index is -4.55. The van der Waals surface area contributed by atoms with Crippen LogP contribution in [0.15, 0.2) is 36.5 Å². The molecule has 0 radical (unpaired) electrons. The number of rotatable bonds is 1. The number of nitrogens with zero attached hydrogens (tertiary/aromatic N) is 4. The molecule has 0 spiro atoms. The summed E-state index contributed by atoms with van der Waals surface area (Å²) >= 11 is 0. The van der Waals surface area contributed by atoms with Crippen molar-refractivity contribution in [3.8, 4) is 0 Å². The van der Waals surface area contributed by atoms with Crippen LogP contribution in [0.4, 0.5) is 18.0 Å². The number of alkyl halides is 3. The van der Waals surface area contributed by atoms with Crippen molar-refractivity contribution >= 4 is 27.8 Å². The number of halogens is 3. The van der Waals surface area contributed by atoms with E-state index in [0.717, 1.165) is 34.2 Å². The average Bonchev–Trinajstić information content (AvgIpc) is 3.11. The molecule has 10 heteroatoms. The highest BCUT2D eigenvalue weighted by atomic mass is 19.4. The maximum absolute atomic E-state index is 13.2. The van der Waals surface area contributed by atoms with E-state index >= 15 is 0 Å². The predicted octanol–water partition coefficient (Wildman–Crippen LogP) is 4.44. The third kappa shape index (κ3) is 3.27. The van der Waals surface area contributed by atoms with E-state index in [9.17, 15) is 18.0 Å². The average molecular weight is 441 g/mol. The van der Waals surface area contributed by atoms with Crippen LogP contribution in [0, 0.1) is 13.8 Å². The Morgan fingerprint density at radius 2 is 2.00 bits per heavy atom. The number of hydrogen-bond acceptors (Lipinski definition) is 5. The van der Waals surface area contributed by atoms with Crippen LogP contribution in [0.25, 0.3) is 21.8 Å². The van der Waals surface area contributed by atoms with E-state index in [2.05, 4.69) is 20.4 Å². The van der Waals surface area contributed by atoms with Crippen molar-refractivity contribution in [2.24, 2.45) is 0 Å². The summed E-state index contributed by atoms with van der Waals surface area (Å²) in [4.78, 5) is 21.4. The minimum Gasteiger partial charge on any atom is -0.374 e. The van der Waals surface area contributed by atoms with Crippen molar-refractivity contribution in [2.45, 2.75) is 32.7 Å². The lowest BCUT2D eigenvalue weighted by atomic mass is 10.0. The molecule has 1 atom stereocenters. The van der Waals surface area contributed by atoms with Crippen LogP contribution in [0.2, 0.25) is 0 Å². The molecule has 1 aromatic carbocycles. The quantitative estimate of drug-likeness (QED) is 0.472. The van der Waals surface area contributed by atoms with Gasteiger partial charge in [-0.2, -0.15) is 23.0 Å². The van der Waals surface area contributed by atoms with Crippen LogP contribution < -0.4 is 5.32 Å². The maximum Gasteiger partial charge on any atom is 0.433 e. The first-order valence-electron chi connectivity index (χ1n) is 9.93. The summed E-state index contributed by atoms with van der Waals surface area (Å²) < 4.78 is 45.8. The van der Waals surface area contributed by atoms with Gasteiger partial charge in [-0.05, 0) is 31.5 Å². The second kappa shape index (κ2) is 7.27. The summed E-state index contributed by atoms with van der Waals surface area (Å²) in [5.74, 6) is 0. The van der Waals surface area contributed by atoms with Gasteiger partial charge in [0.05, 0.1) is 36.0 Å². The van der Waals surface area contributed by atoms with Crippen LogP contribution in [0.1, 0.15) is 34.3 Å². The molecule has 164 valence electrons. The Bertz CT molecular complexity index is 1380. The van der Waals surface area contributed by atoms with Gasteiger partial charge in [-0.25, -0.2) is 4.79 Å². The number of aromatic nitrogens is 4. The fourth-order valence-electron chi connectivity index (χ4n) is 4.17. The molecule has 1 amide bonds. The Morgan fingerprint density at radius 1 is 1.22 bits per heavy atom. The zero-order valence-electron chi connectivity index (χ0n) is 17.2. The highest BCUT2D eigenvalue weighted by Gasteiger charge is 2.34. The van der Waals surface area contributed by atoms with Gasteiger partial charge >= 0.3 is 12.2 Å². The first-order chi connectivity index (χ1) is 15.2. The largest absolute Gasteiger partial charge is 0.433 e. The standard InChI is InChI=1S/C22H18F3N5O2/c1-11-19-12(2)29-30(20(19)14-5-3-4-6-16(14)27-11)21(31)28-17-10-32-9-13-7-18(22(23,24)25)26-8-15(13)17/h3-8,17H,9-10H2,1-2H3,(H,28,31)/t17-/m1/s1. The summed E-state index contributed by atoms with van der Waals surface area (Å²) in [5.41, 5.74) is 2.62. The molecule has 1 N–H and O–H groups in total. The molecule has 0 saturated heterocycles. The topological polar surface area (TPSA) is 81.9 Å². The van der Waals surface area contributed by atoms with E-state index in [1.54, 1.807) is 6.92 Å². The summed E-state index contributed by atoms with van der Waals surface area (Å²) in [5, 5.41) is 8.83. The number of para-hydroxylation sites is 1. The molecule has 7 nitrogen and oxygen atoms in total. The Balaban J connectivity index is 1.55. The molecule has 4 aromatic rings. The zero-order chi connectivity index (χ0) is 22.6. The van der Waals surface area contributed by atoms with Gasteiger partial charge in [0.15, 0.2) is 0 Å². The molecule has 4 heterocycles. The van der Waals surface area contributed by atoms with Gasteiger partial charge in [-0.3, -0.25) is 9.97 Å². The molecule has 32 heavy (non-hydrogen) atoms. The second-order valence-corrected chi connectivity index (χ2v) is 7.72. The molecular weight excluding hydrogens is 423 g/mol. The Morgan fingerprint density at radius 3 is 2.78 bits per heavy atom. The smallest absolute Gasteiger partial charge is 0.374 e. The molecule has 1 aliphatic heterocycles. The number of pyridine rings is 2. The number of aryl methyl sites for hydroxylation is 2. The van der Waals surface area contributed by atoms with Crippen molar-refractivity contribution in [1.29, 1.82) is 0 Å². The number of carbonyl (C=O) groups is 1. The van der Waals surface area contributed by atoms with Crippen LogP contribution in [-0.4, -0.2) is 32.4 Å². The number of benzene rings is 1. The van der Waals surface area contributed by atoms with Crippen LogP contribution >= 0.6 is 0 Å². The Labute approximate surface area is 180 Å². The highest BCUT2D eigenvalue weighted by Crippen LogP contribution is 2.33. The number of ether oxygens (including phenoxy) is 1. The minimum absolute atomic E-state index is 0.0205. The van der Waals surface area contributed by atoms with Crippen molar-refractivity contribution in [2.75, 3.05) is 6.61 Å². The molecule has 3 aromatic heterocycles. The fourth-order valence-corrected chi connectivity index (χ4v) is 4.17. The number of nitrogens with one attached hydrogen (secondary N) is 1. The first-order valence-corrected chi connectivity index (χ1v) is 9.93. The number of carbonyl (C=O) groups excluding carboxylic acids is 1. The molecule has 0 aliphatic carbocycles. The van der Waals surface area contributed by atoms with Gasteiger partial charge in [-0.15, -0.1) is 0 Å². The van der Waals surface area contributed by atoms with Gasteiger partial charge in [0, 0.05) is 28.2 Å². The number of hydrogen-bond donors (Lipinski definition) is 1. The van der Waals surface area contributed by atoms with Crippen molar-refractivity contribution in [1.82, 2.24) is 25.1 Å². The summed E-state index contributed by atoms with van der Waals surface area (Å²) in [6.07, 6.45) is -3.40. The first kappa shape index (κ1) is 20.4. The van der Waals surface area contributed by atoms with E-state index in [1.807, 2.05) is 31.2 Å². The molecular formula is C22H18F3N5O2. The van der Waals surface area contributed by atoms with Crippen molar-refractivity contribution < 1.29 is 22.7 Å². The summed E-state index contributed by atoms with van der Waals surface area (Å²) in [6.45, 7) is 3.80. The van der Waals surface area contributed by atoms with E-state index in [1.165, 1.54) is 4.68 Å². The Kier molecular flexibility index (Phi) is 4.63. The van der Waals surface area contributed by atoms with E-state index in [-0.39, 0.29) is 13.2 Å². The fraction of sp³-hybridized carbons (Fsp3) is 0.273. The van der Waals surface area contributed by atoms with E-state index in [4.69, 9.17) is 4.74 Å². The SMILES string of the molecule is Cc1nc2ccccc2c2c1c(C)nn2C(=O)N[C@@H]1COCc2cc(C(F)(F)F)ncc21. The van der Waals surface area contributed by atoms with Gasteiger partial charge in [0.25, 0.3) is 0 Å². The van der Waals surface area contributed by atoms with Gasteiger partial charge < -0.3 is 10.1 Å². The van der Waals surface area contributed by atoms with Gasteiger partial charge in [0.1, 0.15) is 5.69 Å². The van der Waals surface area contributed by atoms with E-state index in [0.29, 0.717) is 22.3 Å². The number of fused-ring (bicyclic) bond motifs is 4.